The number of carbonyl (C=O) groups excluding carboxylic acids is 1. The first kappa shape index (κ1) is 12.8. The van der Waals surface area contributed by atoms with E-state index >= 15 is 0 Å². The van der Waals surface area contributed by atoms with Gasteiger partial charge in [-0.05, 0) is 29.7 Å². The van der Waals surface area contributed by atoms with E-state index in [0.29, 0.717) is 17.9 Å². The largest absolute Gasteiger partial charge is 0.462 e. The van der Waals surface area contributed by atoms with E-state index in [4.69, 9.17) is 10.2 Å². The number of ketones is 1. The summed E-state index contributed by atoms with van der Waals surface area (Å²) >= 11 is 0. The molecular formula is C17H13N3O2. The molecule has 0 saturated heterocycles. The van der Waals surface area contributed by atoms with E-state index in [1.54, 1.807) is 18.5 Å². The molecule has 5 nitrogen and oxygen atoms in total. The standard InChI is InChI=1S/C17H13N3O2/c18-17-19-7-5-14(20-17)16-13(6-8-22-16)11-1-3-12-10(9-11)2-4-15(12)21/h1,3,5-9H,2,4H2,(H2,18,19,20). The Kier molecular flexibility index (Phi) is 2.79. The molecule has 4 rings (SSSR count). The first-order valence-electron chi connectivity index (χ1n) is 7.05. The van der Waals surface area contributed by atoms with E-state index in [1.165, 1.54) is 0 Å². The summed E-state index contributed by atoms with van der Waals surface area (Å²) in [5.41, 5.74) is 10.2. The molecule has 1 aromatic carbocycles. The molecule has 0 amide bonds. The van der Waals surface area contributed by atoms with Gasteiger partial charge in [-0.2, -0.15) is 0 Å². The number of carbonyl (C=O) groups is 1. The number of nitrogens with zero attached hydrogens (tertiary/aromatic N) is 2. The molecule has 0 aliphatic heterocycles. The van der Waals surface area contributed by atoms with E-state index in [1.807, 2.05) is 18.2 Å². The van der Waals surface area contributed by atoms with E-state index in [0.717, 1.165) is 28.7 Å². The number of nitrogens with two attached hydrogens (primary N) is 1. The lowest BCUT2D eigenvalue weighted by Crippen LogP contribution is -1.95. The Morgan fingerprint density at radius 3 is 2.86 bits per heavy atom. The third-order valence-corrected chi connectivity index (χ3v) is 3.91. The summed E-state index contributed by atoms with van der Waals surface area (Å²) in [6.07, 6.45) is 4.63. The Labute approximate surface area is 126 Å². The molecule has 3 aromatic rings. The fraction of sp³-hybridized carbons (Fsp3) is 0.118. The third kappa shape index (κ3) is 1.98. The second kappa shape index (κ2) is 4.80. The smallest absolute Gasteiger partial charge is 0.220 e. The Balaban J connectivity index is 1.82. The molecule has 22 heavy (non-hydrogen) atoms. The Bertz CT molecular complexity index is 883. The SMILES string of the molecule is Nc1nccc(-c2occc2-c2ccc3c(c2)CCC3=O)n1. The van der Waals surface area contributed by atoms with Crippen LogP contribution >= 0.6 is 0 Å². The lowest BCUT2D eigenvalue weighted by molar-refractivity contribution is 0.0994. The van der Waals surface area contributed by atoms with Crippen LogP contribution < -0.4 is 5.73 Å². The number of hydrogen-bond donors (Lipinski definition) is 1. The molecule has 0 bridgehead atoms. The molecule has 108 valence electrons. The Morgan fingerprint density at radius 1 is 1.09 bits per heavy atom. The van der Waals surface area contributed by atoms with Gasteiger partial charge < -0.3 is 10.2 Å². The van der Waals surface area contributed by atoms with Gasteiger partial charge >= 0.3 is 0 Å². The quantitative estimate of drug-likeness (QED) is 0.784. The fourth-order valence-corrected chi connectivity index (χ4v) is 2.86. The van der Waals surface area contributed by atoms with Crippen molar-refractivity contribution in [2.24, 2.45) is 0 Å². The normalized spacial score (nSPS) is 13.4. The average molecular weight is 291 g/mol. The summed E-state index contributed by atoms with van der Waals surface area (Å²) < 4.78 is 5.59. The van der Waals surface area contributed by atoms with E-state index in [9.17, 15) is 4.79 Å². The van der Waals surface area contributed by atoms with Gasteiger partial charge in [0.25, 0.3) is 0 Å². The highest BCUT2D eigenvalue weighted by atomic mass is 16.3. The first-order valence-corrected chi connectivity index (χ1v) is 7.05. The van der Waals surface area contributed by atoms with Crippen LogP contribution in [0.2, 0.25) is 0 Å². The van der Waals surface area contributed by atoms with Gasteiger partial charge in [-0.1, -0.05) is 18.2 Å². The lowest BCUT2D eigenvalue weighted by atomic mass is 10.00. The van der Waals surface area contributed by atoms with Gasteiger partial charge in [0.2, 0.25) is 5.95 Å². The van der Waals surface area contributed by atoms with E-state index in [-0.39, 0.29) is 11.7 Å². The summed E-state index contributed by atoms with van der Waals surface area (Å²) in [5.74, 6) is 1.08. The molecule has 1 aliphatic carbocycles. The molecule has 0 spiro atoms. The van der Waals surface area contributed by atoms with Crippen molar-refractivity contribution in [3.63, 3.8) is 0 Å². The molecule has 2 N–H and O–H groups in total. The van der Waals surface area contributed by atoms with Crippen molar-refractivity contribution in [2.75, 3.05) is 5.73 Å². The number of anilines is 1. The van der Waals surface area contributed by atoms with Gasteiger partial charge in [-0.25, -0.2) is 9.97 Å². The lowest BCUT2D eigenvalue weighted by Gasteiger charge is -2.05. The Hall–Kier alpha value is -2.95. The predicted molar refractivity (Wildman–Crippen MR) is 82.2 cm³/mol. The van der Waals surface area contributed by atoms with Crippen LogP contribution in [0.15, 0.2) is 47.2 Å². The number of furan rings is 1. The zero-order chi connectivity index (χ0) is 15.1. The van der Waals surface area contributed by atoms with Crippen molar-refractivity contribution in [1.29, 1.82) is 0 Å². The average Bonchev–Trinajstić information content (AvgIpc) is 3.14. The van der Waals surface area contributed by atoms with Gasteiger partial charge in [-0.3, -0.25) is 4.79 Å². The number of aryl methyl sites for hydroxylation is 1. The number of nitrogen functional groups attached to an aromatic ring is 1. The number of Topliss-reactive ketones (excluding diaryl/α,β-unsaturated/α-hetero) is 1. The van der Waals surface area contributed by atoms with Crippen LogP contribution in [0.3, 0.4) is 0 Å². The zero-order valence-corrected chi connectivity index (χ0v) is 11.7. The summed E-state index contributed by atoms with van der Waals surface area (Å²) in [6, 6.07) is 9.55. The molecular weight excluding hydrogens is 278 g/mol. The molecule has 2 heterocycles. The number of rotatable bonds is 2. The van der Waals surface area contributed by atoms with Crippen molar-refractivity contribution >= 4 is 11.7 Å². The van der Waals surface area contributed by atoms with Gasteiger partial charge in [0, 0.05) is 23.7 Å². The van der Waals surface area contributed by atoms with Crippen LogP contribution in [-0.2, 0) is 6.42 Å². The van der Waals surface area contributed by atoms with Gasteiger partial charge in [0.1, 0.15) is 5.69 Å². The highest BCUT2D eigenvalue weighted by molar-refractivity contribution is 6.01. The summed E-state index contributed by atoms with van der Waals surface area (Å²) in [4.78, 5) is 19.8. The summed E-state index contributed by atoms with van der Waals surface area (Å²) in [5, 5.41) is 0. The highest BCUT2D eigenvalue weighted by Gasteiger charge is 2.21. The van der Waals surface area contributed by atoms with Crippen LogP contribution in [0, 0.1) is 0 Å². The van der Waals surface area contributed by atoms with E-state index in [2.05, 4.69) is 16.0 Å². The maximum Gasteiger partial charge on any atom is 0.220 e. The molecule has 0 unspecified atom stereocenters. The van der Waals surface area contributed by atoms with E-state index < -0.39 is 0 Å². The highest BCUT2D eigenvalue weighted by Crippen LogP contribution is 2.34. The topological polar surface area (TPSA) is 82.0 Å². The predicted octanol–water partition coefficient (Wildman–Crippen LogP) is 3.11. The summed E-state index contributed by atoms with van der Waals surface area (Å²) in [6.45, 7) is 0. The fourth-order valence-electron chi connectivity index (χ4n) is 2.86. The molecule has 5 heteroatoms. The molecule has 0 fully saturated rings. The number of hydrogen-bond acceptors (Lipinski definition) is 5. The van der Waals surface area contributed by atoms with Crippen molar-refractivity contribution in [3.8, 4) is 22.6 Å². The van der Waals surface area contributed by atoms with Crippen LogP contribution in [0.4, 0.5) is 5.95 Å². The second-order valence-electron chi connectivity index (χ2n) is 5.26. The molecule has 1 aliphatic rings. The minimum Gasteiger partial charge on any atom is -0.462 e. The molecule has 0 saturated carbocycles. The molecule has 0 radical (unpaired) electrons. The van der Waals surface area contributed by atoms with Crippen molar-refractivity contribution in [3.05, 3.63) is 53.9 Å². The van der Waals surface area contributed by atoms with Crippen LogP contribution in [0.25, 0.3) is 22.6 Å². The Morgan fingerprint density at radius 2 is 2.00 bits per heavy atom. The van der Waals surface area contributed by atoms with Crippen molar-refractivity contribution in [1.82, 2.24) is 9.97 Å². The number of aromatic nitrogens is 2. The van der Waals surface area contributed by atoms with Gasteiger partial charge in [0.15, 0.2) is 11.5 Å². The minimum absolute atomic E-state index is 0.208. The van der Waals surface area contributed by atoms with Crippen LogP contribution in [-0.4, -0.2) is 15.8 Å². The molecule has 0 atom stereocenters. The maximum atomic E-state index is 11.7. The first-order chi connectivity index (χ1) is 10.7. The van der Waals surface area contributed by atoms with Crippen molar-refractivity contribution < 1.29 is 9.21 Å². The third-order valence-electron chi connectivity index (χ3n) is 3.91. The number of benzene rings is 1. The van der Waals surface area contributed by atoms with Gasteiger partial charge in [-0.15, -0.1) is 0 Å². The second-order valence-corrected chi connectivity index (χ2v) is 5.26. The van der Waals surface area contributed by atoms with Crippen LogP contribution in [0.5, 0.6) is 0 Å². The van der Waals surface area contributed by atoms with Crippen LogP contribution in [0.1, 0.15) is 22.3 Å². The van der Waals surface area contributed by atoms with Gasteiger partial charge in [0.05, 0.1) is 6.26 Å². The minimum atomic E-state index is 0.208. The maximum absolute atomic E-state index is 11.7. The molecule has 2 aromatic heterocycles. The number of fused-ring (bicyclic) bond motifs is 1. The monoisotopic (exact) mass is 291 g/mol. The zero-order valence-electron chi connectivity index (χ0n) is 11.7. The van der Waals surface area contributed by atoms with Crippen molar-refractivity contribution in [2.45, 2.75) is 12.8 Å². The summed E-state index contributed by atoms with van der Waals surface area (Å²) in [7, 11) is 0.